The molecule has 2 nitrogen and oxygen atoms in total. The average molecular weight is 519 g/mol. The van der Waals surface area contributed by atoms with E-state index in [2.05, 4.69) is 135 Å². The third kappa shape index (κ3) is 4.13. The van der Waals surface area contributed by atoms with Gasteiger partial charge in [-0.1, -0.05) is 111 Å². The molecule has 0 heterocycles. The van der Waals surface area contributed by atoms with Crippen LogP contribution in [0.15, 0.2) is 121 Å². The molecule has 0 amide bonds. The Balaban J connectivity index is 1.53. The number of ether oxygens (including phenoxy) is 2. The Morgan fingerprint density at radius 2 is 0.825 bits per heavy atom. The molecule has 0 aliphatic carbocycles. The van der Waals surface area contributed by atoms with E-state index < -0.39 is 0 Å². The highest BCUT2D eigenvalue weighted by atomic mass is 16.5. The number of hydrogen-bond acceptors (Lipinski definition) is 2. The normalized spacial score (nSPS) is 11.4. The van der Waals surface area contributed by atoms with Gasteiger partial charge in [0.25, 0.3) is 0 Å². The van der Waals surface area contributed by atoms with Gasteiger partial charge in [0, 0.05) is 32.3 Å². The van der Waals surface area contributed by atoms with Gasteiger partial charge in [-0.25, -0.2) is 0 Å². The Labute approximate surface area is 234 Å². The molecule has 0 saturated carbocycles. The molecule has 7 aromatic carbocycles. The summed E-state index contributed by atoms with van der Waals surface area (Å²) in [6.45, 7) is 4.38. The van der Waals surface area contributed by atoms with Crippen LogP contribution in [0.2, 0.25) is 0 Å². The van der Waals surface area contributed by atoms with Crippen molar-refractivity contribution in [2.45, 2.75) is 26.7 Å². The lowest BCUT2D eigenvalue weighted by Gasteiger charge is -2.20. The maximum absolute atomic E-state index is 6.91. The monoisotopic (exact) mass is 518 g/mol. The van der Waals surface area contributed by atoms with E-state index in [0.29, 0.717) is 0 Å². The number of hydrogen-bond donors (Lipinski definition) is 0. The topological polar surface area (TPSA) is 18.5 Å². The van der Waals surface area contributed by atoms with Crippen LogP contribution < -0.4 is 9.47 Å². The molecule has 0 fully saturated rings. The molecule has 0 aromatic heterocycles. The van der Waals surface area contributed by atoms with Gasteiger partial charge in [-0.3, -0.25) is 0 Å². The first-order chi connectivity index (χ1) is 19.7. The molecule has 0 unspecified atom stereocenters. The minimum absolute atomic E-state index is 0.852. The molecular formula is C38H30O2. The zero-order valence-electron chi connectivity index (χ0n) is 22.8. The predicted octanol–water partition coefficient (Wildman–Crippen LogP) is 11.0. The first-order valence-corrected chi connectivity index (χ1v) is 14.1. The van der Waals surface area contributed by atoms with Gasteiger partial charge in [0.05, 0.1) is 0 Å². The van der Waals surface area contributed by atoms with Crippen LogP contribution in [0.4, 0.5) is 0 Å². The van der Waals surface area contributed by atoms with Crippen LogP contribution in [0.3, 0.4) is 0 Å². The Bertz CT molecular complexity index is 1880. The molecule has 0 bridgehead atoms. The largest absolute Gasteiger partial charge is 0.455 e. The first-order valence-electron chi connectivity index (χ1n) is 14.1. The number of rotatable bonds is 6. The smallest absolute Gasteiger partial charge is 0.143 e. The molecule has 7 aromatic rings. The predicted molar refractivity (Wildman–Crippen MR) is 168 cm³/mol. The fraction of sp³-hybridized carbons (Fsp3) is 0.105. The fourth-order valence-electron chi connectivity index (χ4n) is 5.69. The zero-order chi connectivity index (χ0) is 27.1. The van der Waals surface area contributed by atoms with E-state index in [-0.39, 0.29) is 0 Å². The van der Waals surface area contributed by atoms with Crippen molar-refractivity contribution in [3.63, 3.8) is 0 Å². The molecule has 0 atom stereocenters. The standard InChI is InChI=1S/C38H30O2/c1-3-25-19-21-31-33(23-25)37(39-35-17-9-13-27-11-5-7-15-29(27)35)32-22-20-26(4-2)24-34(32)38(31)40-36-18-10-14-28-12-6-8-16-30(28)36/h5-24H,3-4H2,1-2H3. The van der Waals surface area contributed by atoms with E-state index in [4.69, 9.17) is 9.47 Å². The van der Waals surface area contributed by atoms with Gasteiger partial charge in [0.1, 0.15) is 23.0 Å². The number of fused-ring (bicyclic) bond motifs is 4. The highest BCUT2D eigenvalue weighted by Crippen LogP contribution is 2.47. The molecule has 194 valence electrons. The summed E-state index contributed by atoms with van der Waals surface area (Å²) in [7, 11) is 0. The number of benzene rings is 7. The Hall–Kier alpha value is -4.82. The Morgan fingerprint density at radius 1 is 0.400 bits per heavy atom. The molecule has 0 aliphatic heterocycles. The summed E-state index contributed by atoms with van der Waals surface area (Å²) < 4.78 is 13.8. The van der Waals surface area contributed by atoms with Crippen molar-refractivity contribution in [3.05, 3.63) is 132 Å². The van der Waals surface area contributed by atoms with E-state index >= 15 is 0 Å². The van der Waals surface area contributed by atoms with E-state index in [0.717, 1.165) is 78.9 Å². The maximum Gasteiger partial charge on any atom is 0.143 e. The lowest BCUT2D eigenvalue weighted by molar-refractivity contribution is 0.491. The van der Waals surface area contributed by atoms with E-state index in [9.17, 15) is 0 Å². The third-order valence-electron chi connectivity index (χ3n) is 7.89. The van der Waals surface area contributed by atoms with E-state index in [1.807, 2.05) is 0 Å². The van der Waals surface area contributed by atoms with E-state index in [1.165, 1.54) is 11.1 Å². The van der Waals surface area contributed by atoms with E-state index in [1.54, 1.807) is 0 Å². The quantitative estimate of drug-likeness (QED) is 0.204. The lowest BCUT2D eigenvalue weighted by Crippen LogP contribution is -1.96. The van der Waals surface area contributed by atoms with Crippen molar-refractivity contribution in [3.8, 4) is 23.0 Å². The first kappa shape index (κ1) is 24.2. The summed E-state index contributed by atoms with van der Waals surface area (Å²) in [6.07, 6.45) is 1.88. The summed E-state index contributed by atoms with van der Waals surface area (Å²) in [5.74, 6) is 3.43. The van der Waals surface area contributed by atoms with Gasteiger partial charge in [-0.05, 0) is 59.0 Å². The van der Waals surface area contributed by atoms with Crippen LogP contribution in [0.1, 0.15) is 25.0 Å². The molecule has 40 heavy (non-hydrogen) atoms. The van der Waals surface area contributed by atoms with Gasteiger partial charge >= 0.3 is 0 Å². The van der Waals surface area contributed by atoms with Crippen molar-refractivity contribution in [1.29, 1.82) is 0 Å². The van der Waals surface area contributed by atoms with Crippen LogP contribution in [0, 0.1) is 0 Å². The van der Waals surface area contributed by atoms with Crippen molar-refractivity contribution in [2.24, 2.45) is 0 Å². The average Bonchev–Trinajstić information content (AvgIpc) is 3.02. The summed E-state index contributed by atoms with van der Waals surface area (Å²) in [4.78, 5) is 0. The van der Waals surface area contributed by atoms with Gasteiger partial charge in [-0.2, -0.15) is 0 Å². The minimum atomic E-state index is 0.852. The van der Waals surface area contributed by atoms with Crippen molar-refractivity contribution in [2.75, 3.05) is 0 Å². The molecule has 0 spiro atoms. The highest BCUT2D eigenvalue weighted by molar-refractivity contribution is 6.12. The molecular weight excluding hydrogens is 488 g/mol. The Kier molecular flexibility index (Phi) is 6.09. The summed E-state index contributed by atoms with van der Waals surface area (Å²) in [6, 6.07) is 42.6. The molecule has 7 rings (SSSR count). The molecule has 0 saturated heterocycles. The van der Waals surface area contributed by atoms with Crippen LogP contribution in [0.5, 0.6) is 23.0 Å². The van der Waals surface area contributed by atoms with Crippen molar-refractivity contribution in [1.82, 2.24) is 0 Å². The van der Waals surface area contributed by atoms with Gasteiger partial charge < -0.3 is 9.47 Å². The van der Waals surface area contributed by atoms with Crippen LogP contribution in [0.25, 0.3) is 43.1 Å². The van der Waals surface area contributed by atoms with Gasteiger partial charge in [0.2, 0.25) is 0 Å². The highest BCUT2D eigenvalue weighted by Gasteiger charge is 2.20. The number of aryl methyl sites for hydroxylation is 2. The zero-order valence-corrected chi connectivity index (χ0v) is 22.8. The van der Waals surface area contributed by atoms with Crippen molar-refractivity contribution >= 4 is 43.1 Å². The maximum atomic E-state index is 6.91. The molecule has 0 radical (unpaired) electrons. The summed E-state index contributed by atoms with van der Waals surface area (Å²) in [5.41, 5.74) is 2.52. The van der Waals surface area contributed by atoms with Crippen molar-refractivity contribution < 1.29 is 9.47 Å². The second-order valence-electron chi connectivity index (χ2n) is 10.3. The van der Waals surface area contributed by atoms with Crippen LogP contribution in [-0.2, 0) is 12.8 Å². The lowest BCUT2D eigenvalue weighted by atomic mass is 9.96. The van der Waals surface area contributed by atoms with Crippen LogP contribution >= 0.6 is 0 Å². The fourth-order valence-corrected chi connectivity index (χ4v) is 5.69. The van der Waals surface area contributed by atoms with Crippen LogP contribution in [-0.4, -0.2) is 0 Å². The van der Waals surface area contributed by atoms with Gasteiger partial charge in [-0.15, -0.1) is 0 Å². The second-order valence-corrected chi connectivity index (χ2v) is 10.3. The Morgan fingerprint density at radius 3 is 1.27 bits per heavy atom. The molecule has 2 heteroatoms. The SMILES string of the molecule is CCc1ccc2c(Oc3cccc4ccccc34)c3cc(CC)ccc3c(Oc3cccc4ccccc34)c2c1. The van der Waals surface area contributed by atoms with Gasteiger partial charge in [0.15, 0.2) is 0 Å². The summed E-state index contributed by atoms with van der Waals surface area (Å²) in [5, 5.41) is 8.71. The minimum Gasteiger partial charge on any atom is -0.455 e. The third-order valence-corrected chi connectivity index (χ3v) is 7.89. The molecule has 0 aliphatic rings. The summed E-state index contributed by atoms with van der Waals surface area (Å²) >= 11 is 0. The second kappa shape index (κ2) is 10.1. The molecule has 0 N–H and O–H groups in total.